The Balaban J connectivity index is 1.58. The van der Waals surface area contributed by atoms with Gasteiger partial charge in [-0.25, -0.2) is 0 Å². The van der Waals surface area contributed by atoms with E-state index in [-0.39, 0.29) is 11.8 Å². The summed E-state index contributed by atoms with van der Waals surface area (Å²) in [6, 6.07) is 12.5. The fourth-order valence-electron chi connectivity index (χ4n) is 3.88. The first-order valence-corrected chi connectivity index (χ1v) is 9.21. The minimum atomic E-state index is 0.105. The summed E-state index contributed by atoms with van der Waals surface area (Å²) in [6.07, 6.45) is 5.54. The molecule has 1 aliphatic carbocycles. The lowest BCUT2D eigenvalue weighted by atomic mass is 9.89. The molecule has 0 aliphatic heterocycles. The second-order valence-electron chi connectivity index (χ2n) is 6.82. The third-order valence-corrected chi connectivity index (χ3v) is 5.21. The first-order valence-electron chi connectivity index (χ1n) is 9.21. The van der Waals surface area contributed by atoms with E-state index < -0.39 is 0 Å². The lowest BCUT2D eigenvalue weighted by Gasteiger charge is -2.19. The molecule has 5 nitrogen and oxygen atoms in total. The molecule has 25 heavy (non-hydrogen) atoms. The first-order chi connectivity index (χ1) is 12.3. The molecule has 130 valence electrons. The fourth-order valence-corrected chi connectivity index (χ4v) is 3.88. The van der Waals surface area contributed by atoms with Gasteiger partial charge in [-0.1, -0.05) is 37.5 Å². The van der Waals surface area contributed by atoms with E-state index in [9.17, 15) is 4.79 Å². The van der Waals surface area contributed by atoms with E-state index in [1.807, 2.05) is 6.07 Å². The Labute approximate surface area is 147 Å². The summed E-state index contributed by atoms with van der Waals surface area (Å²) in [7, 11) is 0. The van der Waals surface area contributed by atoms with E-state index >= 15 is 0 Å². The number of H-pyrrole nitrogens is 1. The van der Waals surface area contributed by atoms with Crippen LogP contribution in [0.15, 0.2) is 36.4 Å². The molecule has 1 aromatic carbocycles. The van der Waals surface area contributed by atoms with Crippen molar-refractivity contribution < 1.29 is 4.79 Å². The lowest BCUT2D eigenvalue weighted by Crippen LogP contribution is -2.24. The zero-order chi connectivity index (χ0) is 17.2. The molecule has 0 saturated heterocycles. The van der Waals surface area contributed by atoms with Crippen molar-refractivity contribution in [2.75, 3.05) is 5.32 Å². The topological polar surface area (TPSA) is 62.7 Å². The van der Waals surface area contributed by atoms with E-state index in [0.717, 1.165) is 43.6 Å². The number of hydrogen-bond acceptors (Lipinski definition) is 2. The third-order valence-electron chi connectivity index (χ3n) is 5.21. The summed E-state index contributed by atoms with van der Waals surface area (Å²) in [5, 5.41) is 11.6. The summed E-state index contributed by atoms with van der Waals surface area (Å²) < 4.78 is 2.26. The van der Waals surface area contributed by atoms with Crippen molar-refractivity contribution in [3.8, 4) is 11.4 Å². The number of amides is 1. The molecular weight excluding hydrogens is 312 g/mol. The Bertz CT molecular complexity index is 886. The van der Waals surface area contributed by atoms with Crippen molar-refractivity contribution in [1.82, 2.24) is 14.8 Å². The highest BCUT2D eigenvalue weighted by molar-refractivity contribution is 5.92. The van der Waals surface area contributed by atoms with Crippen LogP contribution in [0.25, 0.3) is 22.3 Å². The van der Waals surface area contributed by atoms with Gasteiger partial charge in [-0.3, -0.25) is 9.89 Å². The number of rotatable bonds is 4. The second kappa shape index (κ2) is 6.75. The van der Waals surface area contributed by atoms with Crippen LogP contribution in [0.5, 0.6) is 0 Å². The van der Waals surface area contributed by atoms with Crippen LogP contribution in [0.3, 0.4) is 0 Å². The van der Waals surface area contributed by atoms with Crippen LogP contribution >= 0.6 is 0 Å². The molecule has 2 heterocycles. The smallest absolute Gasteiger partial charge is 0.228 e. The van der Waals surface area contributed by atoms with Crippen LogP contribution in [0.4, 0.5) is 5.82 Å². The molecule has 1 fully saturated rings. The Morgan fingerprint density at radius 1 is 1.24 bits per heavy atom. The van der Waals surface area contributed by atoms with Gasteiger partial charge < -0.3 is 9.88 Å². The molecule has 4 rings (SSSR count). The van der Waals surface area contributed by atoms with Crippen molar-refractivity contribution in [3.63, 3.8) is 0 Å². The Morgan fingerprint density at radius 3 is 2.84 bits per heavy atom. The number of benzene rings is 1. The number of anilines is 1. The van der Waals surface area contributed by atoms with Gasteiger partial charge in [0.25, 0.3) is 0 Å². The SMILES string of the molecule is CCn1c(-c2cc(NC(=O)C3CCCCC3)n[nH]2)cc2ccccc21. The molecule has 1 saturated carbocycles. The molecule has 3 aromatic rings. The van der Waals surface area contributed by atoms with E-state index in [4.69, 9.17) is 0 Å². The molecule has 5 heteroatoms. The Morgan fingerprint density at radius 2 is 2.04 bits per heavy atom. The minimum absolute atomic E-state index is 0.105. The zero-order valence-electron chi connectivity index (χ0n) is 14.6. The third kappa shape index (κ3) is 3.06. The van der Waals surface area contributed by atoms with Crippen LogP contribution in [0.2, 0.25) is 0 Å². The van der Waals surface area contributed by atoms with Gasteiger partial charge in [0, 0.05) is 29.4 Å². The highest BCUT2D eigenvalue weighted by Crippen LogP contribution is 2.29. The van der Waals surface area contributed by atoms with Gasteiger partial charge in [0.2, 0.25) is 5.91 Å². The molecule has 1 aliphatic rings. The number of nitrogens with zero attached hydrogens (tertiary/aromatic N) is 2. The molecule has 2 N–H and O–H groups in total. The molecule has 0 spiro atoms. The molecule has 0 bridgehead atoms. The number of carbonyl (C=O) groups excluding carboxylic acids is 1. The van der Waals surface area contributed by atoms with Gasteiger partial charge in [0.05, 0.1) is 11.4 Å². The number of hydrogen-bond donors (Lipinski definition) is 2. The maximum Gasteiger partial charge on any atom is 0.228 e. The second-order valence-corrected chi connectivity index (χ2v) is 6.82. The monoisotopic (exact) mass is 336 g/mol. The van der Waals surface area contributed by atoms with E-state index in [0.29, 0.717) is 5.82 Å². The average Bonchev–Trinajstić information content (AvgIpc) is 3.26. The van der Waals surface area contributed by atoms with Gasteiger partial charge >= 0.3 is 0 Å². The van der Waals surface area contributed by atoms with Crippen molar-refractivity contribution in [2.45, 2.75) is 45.6 Å². The van der Waals surface area contributed by atoms with Crippen LogP contribution in [0, 0.1) is 5.92 Å². The predicted molar refractivity (Wildman–Crippen MR) is 100 cm³/mol. The Hall–Kier alpha value is -2.56. The van der Waals surface area contributed by atoms with Gasteiger partial charge in [0.1, 0.15) is 0 Å². The maximum absolute atomic E-state index is 12.4. The van der Waals surface area contributed by atoms with Crippen LogP contribution in [0.1, 0.15) is 39.0 Å². The zero-order valence-corrected chi connectivity index (χ0v) is 14.6. The van der Waals surface area contributed by atoms with E-state index in [1.54, 1.807) is 0 Å². The normalized spacial score (nSPS) is 15.6. The Kier molecular flexibility index (Phi) is 4.30. The quantitative estimate of drug-likeness (QED) is 0.733. The van der Waals surface area contributed by atoms with Gasteiger partial charge in [-0.15, -0.1) is 0 Å². The number of aryl methyl sites for hydroxylation is 1. The summed E-state index contributed by atoms with van der Waals surface area (Å²) >= 11 is 0. The van der Waals surface area contributed by atoms with Crippen LogP contribution < -0.4 is 5.32 Å². The van der Waals surface area contributed by atoms with Crippen molar-refractivity contribution in [3.05, 3.63) is 36.4 Å². The summed E-state index contributed by atoms with van der Waals surface area (Å²) in [5.41, 5.74) is 3.23. The molecular formula is C20H24N4O. The van der Waals surface area contributed by atoms with Crippen molar-refractivity contribution >= 4 is 22.6 Å². The first kappa shape index (κ1) is 15.9. The highest BCUT2D eigenvalue weighted by Gasteiger charge is 2.22. The molecule has 0 atom stereocenters. The van der Waals surface area contributed by atoms with Crippen LogP contribution in [-0.4, -0.2) is 20.7 Å². The van der Waals surface area contributed by atoms with Crippen LogP contribution in [-0.2, 0) is 11.3 Å². The molecule has 0 radical (unpaired) electrons. The minimum Gasteiger partial charge on any atom is -0.340 e. The average molecular weight is 336 g/mol. The van der Waals surface area contributed by atoms with Gasteiger partial charge in [-0.2, -0.15) is 5.10 Å². The number of para-hydroxylation sites is 1. The highest BCUT2D eigenvalue weighted by atomic mass is 16.1. The number of carbonyl (C=O) groups is 1. The number of fused-ring (bicyclic) bond motifs is 1. The van der Waals surface area contributed by atoms with Crippen molar-refractivity contribution in [2.24, 2.45) is 5.92 Å². The number of nitrogens with one attached hydrogen (secondary N) is 2. The lowest BCUT2D eigenvalue weighted by molar-refractivity contribution is -0.120. The van der Waals surface area contributed by atoms with Crippen molar-refractivity contribution in [1.29, 1.82) is 0 Å². The number of aromatic amines is 1. The van der Waals surface area contributed by atoms with E-state index in [2.05, 4.69) is 57.3 Å². The summed E-state index contributed by atoms with van der Waals surface area (Å²) in [5.74, 6) is 0.850. The van der Waals surface area contributed by atoms with Gasteiger partial charge in [-0.05, 0) is 31.9 Å². The summed E-state index contributed by atoms with van der Waals surface area (Å²) in [6.45, 7) is 3.02. The number of aromatic nitrogens is 3. The fraction of sp³-hybridized carbons (Fsp3) is 0.400. The summed E-state index contributed by atoms with van der Waals surface area (Å²) in [4.78, 5) is 12.4. The molecule has 0 unspecified atom stereocenters. The largest absolute Gasteiger partial charge is 0.340 e. The molecule has 2 aromatic heterocycles. The molecule has 1 amide bonds. The van der Waals surface area contributed by atoms with Gasteiger partial charge in [0.15, 0.2) is 5.82 Å². The van der Waals surface area contributed by atoms with E-state index in [1.165, 1.54) is 17.3 Å². The predicted octanol–water partition coefficient (Wildman–Crippen LogP) is 4.57. The standard InChI is InChI=1S/C20H24N4O/c1-2-24-17-11-7-6-10-15(17)12-18(24)16-13-19(23-22-16)21-20(25)14-8-4-3-5-9-14/h6-7,10-14H,2-5,8-9H2,1H3,(H2,21,22,23,25). The maximum atomic E-state index is 12.4.